The summed E-state index contributed by atoms with van der Waals surface area (Å²) < 4.78 is 56.1. The van der Waals surface area contributed by atoms with E-state index in [-0.39, 0.29) is 18.4 Å². The Kier molecular flexibility index (Phi) is 6.92. The van der Waals surface area contributed by atoms with Crippen LogP contribution in [0.25, 0.3) is 0 Å². The van der Waals surface area contributed by atoms with E-state index in [0.717, 1.165) is 18.9 Å². The van der Waals surface area contributed by atoms with Gasteiger partial charge in [0.2, 0.25) is 0 Å². The molecule has 0 spiro atoms. The summed E-state index contributed by atoms with van der Waals surface area (Å²) in [6.45, 7) is 1.96. The number of unbranched alkanes of at least 4 members (excludes halogenated alkanes) is 3. The fourth-order valence-corrected chi connectivity index (χ4v) is 2.05. The van der Waals surface area contributed by atoms with Gasteiger partial charge in [0.15, 0.2) is 6.10 Å². The molecule has 1 unspecified atom stereocenters. The van der Waals surface area contributed by atoms with E-state index in [1.165, 1.54) is 6.08 Å². The van der Waals surface area contributed by atoms with Gasteiger partial charge in [-0.3, -0.25) is 0 Å². The summed E-state index contributed by atoms with van der Waals surface area (Å²) in [6.07, 6.45) is -1.42. The molecular weight excluding hydrogens is 288 g/mol. The van der Waals surface area contributed by atoms with Gasteiger partial charge in [-0.05, 0) is 25.3 Å². The molecule has 120 valence electrons. The molecule has 21 heavy (non-hydrogen) atoms. The standard InChI is InChI=1S/C15H20F4O2/c1-2-3-4-5-9-13(15(17,18)19)21-14(20)11-7-6-8-12(16)10-11/h7,10,13H,2-6,8-9H2,1H3. The van der Waals surface area contributed by atoms with E-state index < -0.39 is 24.1 Å². The normalized spacial score (nSPS) is 17.0. The first-order valence-corrected chi connectivity index (χ1v) is 7.18. The van der Waals surface area contributed by atoms with E-state index in [1.807, 2.05) is 6.92 Å². The van der Waals surface area contributed by atoms with Crippen LogP contribution >= 0.6 is 0 Å². The Hall–Kier alpha value is -1.33. The van der Waals surface area contributed by atoms with Crippen molar-refractivity contribution < 1.29 is 27.1 Å². The van der Waals surface area contributed by atoms with Crippen molar-refractivity contribution >= 4 is 5.97 Å². The summed E-state index contributed by atoms with van der Waals surface area (Å²) in [5.74, 6) is -1.63. The van der Waals surface area contributed by atoms with Crippen LogP contribution in [0.2, 0.25) is 0 Å². The lowest BCUT2D eigenvalue weighted by atomic mass is 10.1. The Morgan fingerprint density at radius 3 is 2.62 bits per heavy atom. The average Bonchev–Trinajstić information content (AvgIpc) is 2.40. The summed E-state index contributed by atoms with van der Waals surface area (Å²) in [5.41, 5.74) is -0.137. The Labute approximate surface area is 121 Å². The van der Waals surface area contributed by atoms with Crippen molar-refractivity contribution in [2.75, 3.05) is 0 Å². The molecule has 0 N–H and O–H groups in total. The molecule has 1 atom stereocenters. The zero-order valence-corrected chi connectivity index (χ0v) is 12.0. The van der Waals surface area contributed by atoms with Crippen LogP contribution < -0.4 is 0 Å². The predicted molar refractivity (Wildman–Crippen MR) is 71.2 cm³/mol. The highest BCUT2D eigenvalue weighted by Crippen LogP contribution is 2.29. The summed E-state index contributed by atoms with van der Waals surface area (Å²) in [6, 6.07) is 0. The highest BCUT2D eigenvalue weighted by molar-refractivity contribution is 5.92. The lowest BCUT2D eigenvalue weighted by molar-refractivity contribution is -0.220. The second-order valence-electron chi connectivity index (χ2n) is 5.07. The minimum atomic E-state index is -4.60. The quantitative estimate of drug-likeness (QED) is 0.375. The molecule has 1 aliphatic carbocycles. The van der Waals surface area contributed by atoms with Crippen molar-refractivity contribution in [3.05, 3.63) is 23.6 Å². The number of carbonyl (C=O) groups excluding carboxylic acids is 1. The van der Waals surface area contributed by atoms with Crippen LogP contribution in [0.4, 0.5) is 17.6 Å². The molecular formula is C15H20F4O2. The summed E-state index contributed by atoms with van der Waals surface area (Å²) >= 11 is 0. The van der Waals surface area contributed by atoms with Gasteiger partial charge in [0, 0.05) is 6.42 Å². The molecule has 0 aliphatic heterocycles. The van der Waals surface area contributed by atoms with Crippen LogP contribution in [0.5, 0.6) is 0 Å². The van der Waals surface area contributed by atoms with E-state index in [1.54, 1.807) is 0 Å². The van der Waals surface area contributed by atoms with E-state index in [9.17, 15) is 22.4 Å². The van der Waals surface area contributed by atoms with Crippen molar-refractivity contribution in [3.63, 3.8) is 0 Å². The first-order chi connectivity index (χ1) is 9.84. The minimum absolute atomic E-state index is 0.137. The molecule has 0 aromatic rings. The van der Waals surface area contributed by atoms with Gasteiger partial charge in [-0.2, -0.15) is 13.2 Å². The predicted octanol–water partition coefficient (Wildman–Crippen LogP) is 5.00. The monoisotopic (exact) mass is 308 g/mol. The summed E-state index contributed by atoms with van der Waals surface area (Å²) in [5, 5.41) is 0. The minimum Gasteiger partial charge on any atom is -0.449 e. The molecule has 0 radical (unpaired) electrons. The lowest BCUT2D eigenvalue weighted by Crippen LogP contribution is -2.34. The van der Waals surface area contributed by atoms with Gasteiger partial charge in [0.25, 0.3) is 0 Å². The molecule has 0 saturated heterocycles. The lowest BCUT2D eigenvalue weighted by Gasteiger charge is -2.21. The van der Waals surface area contributed by atoms with E-state index in [0.29, 0.717) is 19.3 Å². The van der Waals surface area contributed by atoms with Gasteiger partial charge in [-0.25, -0.2) is 9.18 Å². The Morgan fingerprint density at radius 1 is 1.33 bits per heavy atom. The third-order valence-electron chi connectivity index (χ3n) is 3.23. The smallest absolute Gasteiger partial charge is 0.425 e. The van der Waals surface area contributed by atoms with Crippen LogP contribution in [0.15, 0.2) is 23.6 Å². The molecule has 0 amide bonds. The van der Waals surface area contributed by atoms with Crippen LogP contribution in [0.1, 0.15) is 51.9 Å². The van der Waals surface area contributed by atoms with E-state index in [4.69, 9.17) is 0 Å². The van der Waals surface area contributed by atoms with Crippen LogP contribution in [0.3, 0.4) is 0 Å². The van der Waals surface area contributed by atoms with Gasteiger partial charge < -0.3 is 4.74 Å². The maximum atomic E-state index is 13.0. The number of rotatable bonds is 7. The second-order valence-corrected chi connectivity index (χ2v) is 5.07. The number of allylic oxidation sites excluding steroid dienone is 2. The van der Waals surface area contributed by atoms with Crippen LogP contribution in [-0.4, -0.2) is 18.2 Å². The number of carbonyl (C=O) groups is 1. The summed E-state index contributed by atoms with van der Waals surface area (Å²) in [4.78, 5) is 11.7. The maximum absolute atomic E-state index is 13.0. The van der Waals surface area contributed by atoms with Crippen molar-refractivity contribution in [2.24, 2.45) is 0 Å². The van der Waals surface area contributed by atoms with Crippen LogP contribution in [0, 0.1) is 0 Å². The van der Waals surface area contributed by atoms with Gasteiger partial charge in [-0.1, -0.05) is 32.3 Å². The number of halogens is 4. The third-order valence-corrected chi connectivity index (χ3v) is 3.23. The number of alkyl halides is 3. The fraction of sp³-hybridized carbons (Fsp3) is 0.667. The average molecular weight is 308 g/mol. The maximum Gasteiger partial charge on any atom is 0.425 e. The molecule has 1 aliphatic rings. The Morgan fingerprint density at radius 2 is 2.05 bits per heavy atom. The molecule has 0 bridgehead atoms. The molecule has 0 heterocycles. The fourth-order valence-electron chi connectivity index (χ4n) is 2.05. The van der Waals surface area contributed by atoms with Gasteiger partial charge in [0.05, 0.1) is 5.57 Å². The number of hydrogen-bond acceptors (Lipinski definition) is 2. The highest BCUT2D eigenvalue weighted by Gasteiger charge is 2.42. The Balaban J connectivity index is 2.60. The van der Waals surface area contributed by atoms with Gasteiger partial charge >= 0.3 is 12.1 Å². The SMILES string of the molecule is CCCCCCC(OC(=O)C1=CCCC(F)=C1)C(F)(F)F. The number of ether oxygens (including phenoxy) is 1. The van der Waals surface area contributed by atoms with Crippen LogP contribution in [-0.2, 0) is 9.53 Å². The van der Waals surface area contributed by atoms with E-state index in [2.05, 4.69) is 4.74 Å². The summed E-state index contributed by atoms with van der Waals surface area (Å²) in [7, 11) is 0. The number of esters is 1. The molecule has 0 saturated carbocycles. The Bertz CT molecular complexity index is 410. The first-order valence-electron chi connectivity index (χ1n) is 7.18. The van der Waals surface area contributed by atoms with Gasteiger partial charge in [0.1, 0.15) is 5.83 Å². The molecule has 1 rings (SSSR count). The molecule has 0 aromatic carbocycles. The first kappa shape index (κ1) is 17.7. The largest absolute Gasteiger partial charge is 0.449 e. The van der Waals surface area contributed by atoms with Crippen molar-refractivity contribution in [2.45, 2.75) is 64.1 Å². The highest BCUT2D eigenvalue weighted by atomic mass is 19.4. The number of hydrogen-bond donors (Lipinski definition) is 0. The van der Waals surface area contributed by atoms with Gasteiger partial charge in [-0.15, -0.1) is 0 Å². The van der Waals surface area contributed by atoms with Crippen molar-refractivity contribution in [3.8, 4) is 0 Å². The molecule has 0 aromatic heterocycles. The zero-order chi connectivity index (χ0) is 15.9. The molecule has 6 heteroatoms. The van der Waals surface area contributed by atoms with Crippen molar-refractivity contribution in [1.82, 2.24) is 0 Å². The van der Waals surface area contributed by atoms with E-state index >= 15 is 0 Å². The second kappa shape index (κ2) is 8.20. The molecule has 0 fully saturated rings. The molecule has 2 nitrogen and oxygen atoms in total. The zero-order valence-electron chi connectivity index (χ0n) is 12.0. The third kappa shape index (κ3) is 6.31. The van der Waals surface area contributed by atoms with Crippen molar-refractivity contribution in [1.29, 1.82) is 0 Å². The topological polar surface area (TPSA) is 26.3 Å².